The van der Waals surface area contributed by atoms with E-state index in [0.29, 0.717) is 35.8 Å². The van der Waals surface area contributed by atoms with Gasteiger partial charge in [0.25, 0.3) is 0 Å². The van der Waals surface area contributed by atoms with Crippen molar-refractivity contribution in [2.24, 2.45) is 10.9 Å². The van der Waals surface area contributed by atoms with Gasteiger partial charge in [-0.3, -0.25) is 0 Å². The number of guanidine groups is 1. The molecule has 0 spiro atoms. The van der Waals surface area contributed by atoms with Crippen molar-refractivity contribution in [1.29, 1.82) is 0 Å². The number of benzene rings is 1. The summed E-state index contributed by atoms with van der Waals surface area (Å²) in [5.41, 5.74) is 0.946. The zero-order chi connectivity index (χ0) is 21.5. The van der Waals surface area contributed by atoms with E-state index in [0.717, 1.165) is 37.6 Å². The van der Waals surface area contributed by atoms with E-state index in [2.05, 4.69) is 33.6 Å². The van der Waals surface area contributed by atoms with Gasteiger partial charge in [-0.2, -0.15) is 0 Å². The molecule has 0 saturated carbocycles. The number of ether oxygens (including phenoxy) is 3. The Morgan fingerprint density at radius 1 is 1.20 bits per heavy atom. The number of hydrogen-bond donors (Lipinski definition) is 1. The fraction of sp³-hybridized carbons (Fsp3) is 0.545. The van der Waals surface area contributed by atoms with Crippen molar-refractivity contribution in [3.05, 3.63) is 36.4 Å². The number of piperidine rings is 1. The minimum atomic E-state index is 0.376. The summed E-state index contributed by atoms with van der Waals surface area (Å²) in [6.07, 6.45) is 6.90. The summed E-state index contributed by atoms with van der Waals surface area (Å²) in [6, 6.07) is 4.23. The van der Waals surface area contributed by atoms with Crippen LogP contribution in [0.15, 0.2) is 35.8 Å². The molecule has 164 valence electrons. The van der Waals surface area contributed by atoms with E-state index in [1.807, 2.05) is 30.9 Å². The lowest BCUT2D eigenvalue weighted by Gasteiger charge is -2.39. The van der Waals surface area contributed by atoms with Crippen LogP contribution in [0.3, 0.4) is 0 Å². The molecule has 1 aliphatic rings. The second-order valence-electron chi connectivity index (χ2n) is 7.45. The van der Waals surface area contributed by atoms with E-state index < -0.39 is 0 Å². The number of imidazole rings is 1. The van der Waals surface area contributed by atoms with Gasteiger partial charge in [-0.1, -0.05) is 6.92 Å². The number of methoxy groups -OCH3 is 3. The Balaban J connectivity index is 1.83. The molecule has 1 aliphatic heterocycles. The van der Waals surface area contributed by atoms with Crippen LogP contribution in [0.25, 0.3) is 0 Å². The summed E-state index contributed by atoms with van der Waals surface area (Å²) in [5, 5.41) is 3.45. The lowest BCUT2D eigenvalue weighted by molar-refractivity contribution is 0.189. The minimum Gasteiger partial charge on any atom is -0.493 e. The molecule has 0 radical (unpaired) electrons. The summed E-state index contributed by atoms with van der Waals surface area (Å²) < 4.78 is 18.7. The van der Waals surface area contributed by atoms with E-state index in [4.69, 9.17) is 19.2 Å². The SMILES string of the molecule is CCNC(=NCc1ccc(OC)c(OC)c1OC)N1CCC(C)C(n2ccnc2)C1. The van der Waals surface area contributed by atoms with E-state index in [1.165, 1.54) is 0 Å². The summed E-state index contributed by atoms with van der Waals surface area (Å²) in [4.78, 5) is 11.5. The molecule has 0 aliphatic carbocycles. The monoisotopic (exact) mass is 415 g/mol. The third-order valence-electron chi connectivity index (χ3n) is 5.65. The standard InChI is InChI=1S/C22H33N5O3/c1-6-24-22(26-11-9-16(2)18(14-26)27-12-10-23-15-27)25-13-17-7-8-19(28-3)21(30-5)20(17)29-4/h7-8,10,12,15-16,18H,6,9,11,13-14H2,1-5H3,(H,24,25). The van der Waals surface area contributed by atoms with Gasteiger partial charge in [0.1, 0.15) is 0 Å². The molecule has 2 aromatic rings. The predicted molar refractivity (Wildman–Crippen MR) is 118 cm³/mol. The smallest absolute Gasteiger partial charge is 0.203 e. The van der Waals surface area contributed by atoms with Crippen molar-refractivity contribution >= 4 is 5.96 Å². The largest absolute Gasteiger partial charge is 0.493 e. The van der Waals surface area contributed by atoms with Crippen LogP contribution in [-0.4, -0.2) is 61.4 Å². The average molecular weight is 416 g/mol. The number of likely N-dealkylation sites (tertiary alicyclic amines) is 1. The highest BCUT2D eigenvalue weighted by molar-refractivity contribution is 5.80. The Bertz CT molecular complexity index is 838. The molecule has 30 heavy (non-hydrogen) atoms. The number of aromatic nitrogens is 2. The van der Waals surface area contributed by atoms with Crippen LogP contribution in [0, 0.1) is 5.92 Å². The van der Waals surface area contributed by atoms with Gasteiger partial charge in [0, 0.05) is 37.6 Å². The van der Waals surface area contributed by atoms with Crippen LogP contribution in [0.5, 0.6) is 17.2 Å². The lowest BCUT2D eigenvalue weighted by Crippen LogP contribution is -2.49. The molecule has 2 heterocycles. The normalized spacial score (nSPS) is 19.5. The Labute approximate surface area is 178 Å². The van der Waals surface area contributed by atoms with Crippen molar-refractivity contribution < 1.29 is 14.2 Å². The number of nitrogens with zero attached hydrogens (tertiary/aromatic N) is 4. The molecular formula is C22H33N5O3. The van der Waals surface area contributed by atoms with Gasteiger partial charge in [-0.15, -0.1) is 0 Å². The predicted octanol–water partition coefficient (Wildman–Crippen LogP) is 2.96. The summed E-state index contributed by atoms with van der Waals surface area (Å²) in [6.45, 7) is 7.55. The van der Waals surface area contributed by atoms with Crippen LogP contribution in [0.4, 0.5) is 0 Å². The van der Waals surface area contributed by atoms with Gasteiger partial charge in [-0.05, 0) is 31.4 Å². The van der Waals surface area contributed by atoms with Crippen LogP contribution in [0.1, 0.15) is 31.9 Å². The van der Waals surface area contributed by atoms with Crippen LogP contribution in [0.2, 0.25) is 0 Å². The van der Waals surface area contributed by atoms with Crippen LogP contribution < -0.4 is 19.5 Å². The van der Waals surface area contributed by atoms with Crippen LogP contribution >= 0.6 is 0 Å². The van der Waals surface area contributed by atoms with Gasteiger partial charge < -0.3 is 29.0 Å². The second kappa shape index (κ2) is 10.2. The highest BCUT2D eigenvalue weighted by atomic mass is 16.5. The first-order valence-electron chi connectivity index (χ1n) is 10.4. The van der Waals surface area contributed by atoms with Crippen LogP contribution in [-0.2, 0) is 6.54 Å². The molecule has 1 saturated heterocycles. The highest BCUT2D eigenvalue weighted by Crippen LogP contribution is 2.40. The Kier molecular flexibility index (Phi) is 7.43. The van der Waals surface area contributed by atoms with Crippen molar-refractivity contribution in [3.8, 4) is 17.2 Å². The topological polar surface area (TPSA) is 73.1 Å². The van der Waals surface area contributed by atoms with Gasteiger partial charge >= 0.3 is 0 Å². The number of aliphatic imine (C=N–C) groups is 1. The summed E-state index contributed by atoms with van der Waals surface area (Å²) >= 11 is 0. The molecule has 8 heteroatoms. The Morgan fingerprint density at radius 2 is 2.00 bits per heavy atom. The molecule has 3 rings (SSSR count). The fourth-order valence-corrected chi connectivity index (χ4v) is 3.97. The van der Waals surface area contributed by atoms with Crippen molar-refractivity contribution in [1.82, 2.24) is 19.8 Å². The average Bonchev–Trinajstić information content (AvgIpc) is 3.31. The molecule has 0 bridgehead atoms. The van der Waals surface area contributed by atoms with Gasteiger partial charge in [0.2, 0.25) is 5.75 Å². The van der Waals surface area contributed by atoms with Crippen molar-refractivity contribution in [3.63, 3.8) is 0 Å². The maximum Gasteiger partial charge on any atom is 0.203 e. The number of nitrogens with one attached hydrogen (secondary N) is 1. The molecule has 0 amide bonds. The number of rotatable bonds is 7. The maximum atomic E-state index is 5.61. The quantitative estimate of drug-likeness (QED) is 0.554. The van der Waals surface area contributed by atoms with E-state index in [-0.39, 0.29) is 0 Å². The van der Waals surface area contributed by atoms with Gasteiger partial charge in [-0.25, -0.2) is 9.98 Å². The Morgan fingerprint density at radius 3 is 2.63 bits per heavy atom. The Hall–Kier alpha value is -2.90. The van der Waals surface area contributed by atoms with E-state index >= 15 is 0 Å². The zero-order valence-electron chi connectivity index (χ0n) is 18.6. The molecule has 2 unspecified atom stereocenters. The minimum absolute atomic E-state index is 0.376. The lowest BCUT2D eigenvalue weighted by atomic mass is 9.93. The molecule has 2 atom stereocenters. The molecule has 8 nitrogen and oxygen atoms in total. The molecule has 1 N–H and O–H groups in total. The molecule has 1 aromatic heterocycles. The molecular weight excluding hydrogens is 382 g/mol. The molecule has 1 aromatic carbocycles. The van der Waals surface area contributed by atoms with Gasteiger partial charge in [0.15, 0.2) is 17.5 Å². The summed E-state index contributed by atoms with van der Waals surface area (Å²) in [5.74, 6) is 3.38. The maximum absolute atomic E-state index is 5.61. The van der Waals surface area contributed by atoms with Gasteiger partial charge in [0.05, 0.1) is 40.2 Å². The van der Waals surface area contributed by atoms with E-state index in [9.17, 15) is 0 Å². The van der Waals surface area contributed by atoms with Crippen molar-refractivity contribution in [2.75, 3.05) is 41.0 Å². The van der Waals surface area contributed by atoms with Crippen molar-refractivity contribution in [2.45, 2.75) is 32.9 Å². The zero-order valence-corrected chi connectivity index (χ0v) is 18.6. The number of hydrogen-bond acceptors (Lipinski definition) is 5. The fourth-order valence-electron chi connectivity index (χ4n) is 3.97. The third kappa shape index (κ3) is 4.63. The first-order chi connectivity index (χ1) is 14.6. The third-order valence-corrected chi connectivity index (χ3v) is 5.65. The first kappa shape index (κ1) is 21.8. The first-order valence-corrected chi connectivity index (χ1v) is 10.4. The summed E-state index contributed by atoms with van der Waals surface area (Å²) in [7, 11) is 4.87. The van der Waals surface area contributed by atoms with E-state index in [1.54, 1.807) is 21.3 Å². The highest BCUT2D eigenvalue weighted by Gasteiger charge is 2.29. The molecule has 1 fully saturated rings. The second-order valence-corrected chi connectivity index (χ2v) is 7.45.